The number of nitrogens with zero attached hydrogens (tertiary/aromatic N) is 1. The van der Waals surface area contributed by atoms with Gasteiger partial charge in [0.1, 0.15) is 0 Å². The van der Waals surface area contributed by atoms with Crippen LogP contribution in [0, 0.1) is 0 Å². The maximum Gasteiger partial charge on any atom is 0.253 e. The van der Waals surface area contributed by atoms with Gasteiger partial charge in [0, 0.05) is 29.2 Å². The Bertz CT molecular complexity index is 400. The number of nitrogens with two attached hydrogens (primary N) is 1. The van der Waals surface area contributed by atoms with E-state index in [0.717, 1.165) is 29.4 Å². The number of likely N-dealkylation sites (tertiary alicyclic amines) is 1. The second-order valence-corrected chi connectivity index (χ2v) is 5.08. The first kappa shape index (κ1) is 14.5. The summed E-state index contributed by atoms with van der Waals surface area (Å²) in [7, 11) is 0. The first-order valence-electron chi connectivity index (χ1n) is 5.47. The molecule has 17 heavy (non-hydrogen) atoms. The highest BCUT2D eigenvalue weighted by molar-refractivity contribution is 9.10. The normalized spacial score (nSPS) is 19.6. The van der Waals surface area contributed by atoms with E-state index in [0.29, 0.717) is 6.54 Å². The Labute approximate surface area is 116 Å². The summed E-state index contributed by atoms with van der Waals surface area (Å²) in [5.41, 5.74) is 6.59. The summed E-state index contributed by atoms with van der Waals surface area (Å²) in [6.07, 6.45) is 2.02. The summed E-state index contributed by atoms with van der Waals surface area (Å²) in [4.78, 5) is 14.0. The van der Waals surface area contributed by atoms with Crippen molar-refractivity contribution in [2.45, 2.75) is 18.9 Å². The van der Waals surface area contributed by atoms with Crippen molar-refractivity contribution in [3.8, 4) is 0 Å². The predicted molar refractivity (Wildman–Crippen MR) is 74.5 cm³/mol. The molecule has 0 aromatic heterocycles. The molecule has 94 valence electrons. The lowest BCUT2D eigenvalue weighted by Gasteiger charge is -2.30. The molecule has 3 nitrogen and oxygen atoms in total. The molecule has 1 amide bonds. The van der Waals surface area contributed by atoms with Gasteiger partial charge in [-0.05, 0) is 31.0 Å². The molecule has 0 radical (unpaired) electrons. The third kappa shape index (κ3) is 3.69. The Morgan fingerprint density at radius 3 is 2.88 bits per heavy atom. The van der Waals surface area contributed by atoms with Crippen LogP contribution in [0.4, 0.5) is 0 Å². The lowest BCUT2D eigenvalue weighted by Crippen LogP contribution is -2.45. The van der Waals surface area contributed by atoms with Gasteiger partial charge in [0.15, 0.2) is 0 Å². The average Bonchev–Trinajstić information content (AvgIpc) is 2.28. The molecule has 1 fully saturated rings. The van der Waals surface area contributed by atoms with Crippen molar-refractivity contribution in [2.75, 3.05) is 13.1 Å². The van der Waals surface area contributed by atoms with E-state index in [2.05, 4.69) is 15.9 Å². The fraction of sp³-hybridized carbons (Fsp3) is 0.417. The first-order valence-corrected chi connectivity index (χ1v) is 6.26. The predicted octanol–water partition coefficient (Wildman–Crippen LogP) is 2.43. The number of rotatable bonds is 1. The first-order chi connectivity index (χ1) is 7.66. The maximum absolute atomic E-state index is 12.1. The maximum atomic E-state index is 12.1. The number of carbonyl (C=O) groups is 1. The highest BCUT2D eigenvalue weighted by Gasteiger charge is 2.22. The van der Waals surface area contributed by atoms with Gasteiger partial charge in [0.05, 0.1) is 0 Å². The fourth-order valence-corrected chi connectivity index (χ4v) is 2.40. The lowest BCUT2D eigenvalue weighted by atomic mass is 10.1. The van der Waals surface area contributed by atoms with E-state index >= 15 is 0 Å². The van der Waals surface area contributed by atoms with Gasteiger partial charge in [-0.25, -0.2) is 0 Å². The monoisotopic (exact) mass is 318 g/mol. The molecule has 1 aliphatic heterocycles. The van der Waals surface area contributed by atoms with Crippen LogP contribution in [0.2, 0.25) is 0 Å². The quantitative estimate of drug-likeness (QED) is 0.864. The Morgan fingerprint density at radius 1 is 1.47 bits per heavy atom. The van der Waals surface area contributed by atoms with Gasteiger partial charge in [0.25, 0.3) is 5.91 Å². The molecule has 5 heteroatoms. The number of piperidine rings is 1. The van der Waals surface area contributed by atoms with E-state index in [1.807, 2.05) is 29.2 Å². The zero-order valence-corrected chi connectivity index (χ0v) is 11.8. The van der Waals surface area contributed by atoms with Crippen molar-refractivity contribution in [3.63, 3.8) is 0 Å². The standard InChI is InChI=1S/C12H15BrN2O.ClH/c13-10-4-1-3-9(7-10)12(16)15-6-2-5-11(14)8-15;/h1,3-4,7,11H,2,5-6,8,14H2;1H/t11-;/m1./s1. The molecule has 1 aliphatic rings. The summed E-state index contributed by atoms with van der Waals surface area (Å²) in [5.74, 6) is 0.0800. The Balaban J connectivity index is 0.00000144. The van der Waals surface area contributed by atoms with Crippen LogP contribution in [0.5, 0.6) is 0 Å². The van der Waals surface area contributed by atoms with Crippen molar-refractivity contribution >= 4 is 34.2 Å². The summed E-state index contributed by atoms with van der Waals surface area (Å²) in [5, 5.41) is 0. The Morgan fingerprint density at radius 2 is 2.24 bits per heavy atom. The van der Waals surface area contributed by atoms with Crippen molar-refractivity contribution in [1.29, 1.82) is 0 Å². The average molecular weight is 320 g/mol. The van der Waals surface area contributed by atoms with Crippen molar-refractivity contribution in [3.05, 3.63) is 34.3 Å². The van der Waals surface area contributed by atoms with Crippen molar-refractivity contribution in [2.24, 2.45) is 5.73 Å². The molecule has 0 unspecified atom stereocenters. The zero-order valence-electron chi connectivity index (χ0n) is 9.43. The minimum absolute atomic E-state index is 0. The van der Waals surface area contributed by atoms with Crippen LogP contribution in [0.25, 0.3) is 0 Å². The minimum Gasteiger partial charge on any atom is -0.337 e. The van der Waals surface area contributed by atoms with E-state index in [1.165, 1.54) is 0 Å². The molecule has 0 spiro atoms. The van der Waals surface area contributed by atoms with Gasteiger partial charge in [-0.15, -0.1) is 12.4 Å². The Hall–Kier alpha value is -0.580. The smallest absolute Gasteiger partial charge is 0.253 e. The second-order valence-electron chi connectivity index (χ2n) is 4.16. The number of benzene rings is 1. The molecule has 1 aromatic carbocycles. The molecule has 0 bridgehead atoms. The van der Waals surface area contributed by atoms with Gasteiger partial charge in [-0.3, -0.25) is 4.79 Å². The lowest BCUT2D eigenvalue weighted by molar-refractivity contribution is 0.0709. The van der Waals surface area contributed by atoms with E-state index in [9.17, 15) is 4.79 Å². The van der Waals surface area contributed by atoms with Crippen molar-refractivity contribution < 1.29 is 4.79 Å². The molecule has 1 saturated heterocycles. The molecule has 1 atom stereocenters. The van der Waals surface area contributed by atoms with Crippen LogP contribution in [-0.4, -0.2) is 29.9 Å². The highest BCUT2D eigenvalue weighted by Crippen LogP contribution is 2.16. The molecule has 2 N–H and O–H groups in total. The molecule has 1 aromatic rings. The van der Waals surface area contributed by atoms with E-state index in [1.54, 1.807) is 0 Å². The van der Waals surface area contributed by atoms with Crippen molar-refractivity contribution in [1.82, 2.24) is 4.90 Å². The van der Waals surface area contributed by atoms with E-state index in [4.69, 9.17) is 5.73 Å². The van der Waals surface area contributed by atoms with Crippen LogP contribution < -0.4 is 5.73 Å². The third-order valence-corrected chi connectivity index (χ3v) is 3.31. The van der Waals surface area contributed by atoms with Crippen LogP contribution in [-0.2, 0) is 0 Å². The summed E-state index contributed by atoms with van der Waals surface area (Å²) in [6.45, 7) is 1.49. The molecule has 0 saturated carbocycles. The number of amides is 1. The van der Waals surface area contributed by atoms with Crippen LogP contribution in [0.3, 0.4) is 0 Å². The second kappa shape index (κ2) is 6.38. The number of hydrogen-bond donors (Lipinski definition) is 1. The summed E-state index contributed by atoms with van der Waals surface area (Å²) >= 11 is 3.37. The van der Waals surface area contributed by atoms with Gasteiger partial charge in [-0.2, -0.15) is 0 Å². The molecule has 0 aliphatic carbocycles. The van der Waals surface area contributed by atoms with Gasteiger partial charge in [-0.1, -0.05) is 22.0 Å². The van der Waals surface area contributed by atoms with Gasteiger partial charge < -0.3 is 10.6 Å². The third-order valence-electron chi connectivity index (χ3n) is 2.82. The largest absolute Gasteiger partial charge is 0.337 e. The van der Waals surface area contributed by atoms with Gasteiger partial charge in [0.2, 0.25) is 0 Å². The topological polar surface area (TPSA) is 46.3 Å². The zero-order chi connectivity index (χ0) is 11.5. The highest BCUT2D eigenvalue weighted by atomic mass is 79.9. The molecular formula is C12H16BrClN2O. The SMILES string of the molecule is Cl.N[C@@H]1CCCN(C(=O)c2cccc(Br)c2)C1. The summed E-state index contributed by atoms with van der Waals surface area (Å²) < 4.78 is 0.930. The number of hydrogen-bond acceptors (Lipinski definition) is 2. The molecule has 2 rings (SSSR count). The summed E-state index contributed by atoms with van der Waals surface area (Å²) in [6, 6.07) is 7.61. The fourth-order valence-electron chi connectivity index (χ4n) is 2.00. The number of halogens is 2. The van der Waals surface area contributed by atoms with E-state index in [-0.39, 0.29) is 24.4 Å². The molecule has 1 heterocycles. The minimum atomic E-state index is 0. The van der Waals surface area contributed by atoms with Gasteiger partial charge >= 0.3 is 0 Å². The number of carbonyl (C=O) groups excluding carboxylic acids is 1. The Kier molecular flexibility index (Phi) is 5.43. The van der Waals surface area contributed by atoms with Crippen LogP contribution >= 0.6 is 28.3 Å². The van der Waals surface area contributed by atoms with Crippen LogP contribution in [0.15, 0.2) is 28.7 Å². The molecular weight excluding hydrogens is 304 g/mol. The van der Waals surface area contributed by atoms with Crippen LogP contribution in [0.1, 0.15) is 23.2 Å². The van der Waals surface area contributed by atoms with E-state index < -0.39 is 0 Å².